The molecule has 4 nitrogen and oxygen atoms in total. The summed E-state index contributed by atoms with van der Waals surface area (Å²) in [6.07, 6.45) is -0.269. The maximum absolute atomic E-state index is 9.92. The number of halogens is 1. The maximum atomic E-state index is 9.92. The van der Waals surface area contributed by atoms with E-state index < -0.39 is 0 Å². The number of nitrogens with zero attached hydrogens (tertiary/aromatic N) is 2. The van der Waals surface area contributed by atoms with Crippen molar-refractivity contribution in [3.63, 3.8) is 0 Å². The predicted octanol–water partition coefficient (Wildman–Crippen LogP) is 3.68. The van der Waals surface area contributed by atoms with E-state index in [1.165, 1.54) is 0 Å². The van der Waals surface area contributed by atoms with E-state index >= 15 is 0 Å². The summed E-state index contributed by atoms with van der Waals surface area (Å²) in [6.45, 7) is 7.62. The van der Waals surface area contributed by atoms with Gasteiger partial charge in [0, 0.05) is 23.7 Å². The Morgan fingerprint density at radius 1 is 1.32 bits per heavy atom. The van der Waals surface area contributed by atoms with Crippen molar-refractivity contribution in [2.24, 2.45) is 5.92 Å². The Labute approximate surface area is 135 Å². The Bertz CT molecular complexity index is 643. The van der Waals surface area contributed by atoms with Crippen LogP contribution in [0.5, 0.6) is 0 Å². The number of oxazole rings is 1. The molecule has 0 unspecified atom stereocenters. The molecule has 2 heterocycles. The first-order valence-electron chi connectivity index (χ1n) is 7.61. The molecular formula is C17H21ClN2O2. The van der Waals surface area contributed by atoms with Crippen LogP contribution in [0.15, 0.2) is 28.7 Å². The van der Waals surface area contributed by atoms with Crippen molar-refractivity contribution in [2.45, 2.75) is 32.9 Å². The lowest BCUT2D eigenvalue weighted by atomic mass is 10.1. The number of aliphatic hydroxyl groups is 1. The van der Waals surface area contributed by atoms with E-state index in [4.69, 9.17) is 16.0 Å². The normalized spacial score (nSPS) is 23.9. The van der Waals surface area contributed by atoms with E-state index in [9.17, 15) is 5.11 Å². The van der Waals surface area contributed by atoms with Gasteiger partial charge in [-0.2, -0.15) is 0 Å². The van der Waals surface area contributed by atoms with Gasteiger partial charge in [0.2, 0.25) is 5.89 Å². The lowest BCUT2D eigenvalue weighted by molar-refractivity contribution is 0.139. The van der Waals surface area contributed by atoms with E-state index in [1.807, 2.05) is 31.2 Å². The summed E-state index contributed by atoms with van der Waals surface area (Å²) < 4.78 is 6.01. The van der Waals surface area contributed by atoms with Gasteiger partial charge in [-0.05, 0) is 44.0 Å². The Kier molecular flexibility index (Phi) is 4.26. The molecular weight excluding hydrogens is 300 g/mol. The topological polar surface area (TPSA) is 49.5 Å². The lowest BCUT2D eigenvalue weighted by Crippen LogP contribution is -2.25. The summed E-state index contributed by atoms with van der Waals surface area (Å²) >= 11 is 5.93. The highest BCUT2D eigenvalue weighted by Crippen LogP contribution is 2.32. The molecule has 0 saturated carbocycles. The monoisotopic (exact) mass is 320 g/mol. The SMILES string of the molecule is Cc1nc([C@H](C)N2C[C@@H](O)[C@@H](C)C2)oc1-c1ccc(Cl)cc1. The first-order chi connectivity index (χ1) is 10.5. The van der Waals surface area contributed by atoms with E-state index in [0.29, 0.717) is 17.5 Å². The predicted molar refractivity (Wildman–Crippen MR) is 86.8 cm³/mol. The molecule has 1 aliphatic rings. The van der Waals surface area contributed by atoms with Crippen LogP contribution in [0.3, 0.4) is 0 Å². The number of likely N-dealkylation sites (tertiary alicyclic amines) is 1. The number of benzene rings is 1. The number of β-amino-alcohol motifs (C(OH)–C–C–N with tert-alkyl or cyclic N) is 1. The van der Waals surface area contributed by atoms with Crippen LogP contribution >= 0.6 is 11.6 Å². The average Bonchev–Trinajstić information content (AvgIpc) is 3.03. The van der Waals surface area contributed by atoms with Crippen molar-refractivity contribution in [1.82, 2.24) is 9.88 Å². The van der Waals surface area contributed by atoms with E-state index in [-0.39, 0.29) is 18.1 Å². The van der Waals surface area contributed by atoms with Crippen LogP contribution in [0.1, 0.15) is 31.5 Å². The fraction of sp³-hybridized carbons (Fsp3) is 0.471. The van der Waals surface area contributed by atoms with Gasteiger partial charge in [0.15, 0.2) is 5.76 Å². The largest absolute Gasteiger partial charge is 0.439 e. The Morgan fingerprint density at radius 3 is 2.59 bits per heavy atom. The molecule has 1 N–H and O–H groups in total. The molecule has 0 aliphatic carbocycles. The zero-order valence-corrected chi connectivity index (χ0v) is 13.8. The van der Waals surface area contributed by atoms with Crippen molar-refractivity contribution >= 4 is 11.6 Å². The van der Waals surface area contributed by atoms with Gasteiger partial charge in [0.1, 0.15) is 0 Å². The van der Waals surface area contributed by atoms with Crippen molar-refractivity contribution in [1.29, 1.82) is 0 Å². The minimum Gasteiger partial charge on any atom is -0.439 e. The van der Waals surface area contributed by atoms with E-state index in [2.05, 4.69) is 23.7 Å². The summed E-state index contributed by atoms with van der Waals surface area (Å²) in [7, 11) is 0. The van der Waals surface area contributed by atoms with Crippen LogP contribution in [-0.2, 0) is 0 Å². The van der Waals surface area contributed by atoms with Crippen molar-refractivity contribution in [3.05, 3.63) is 40.9 Å². The summed E-state index contributed by atoms with van der Waals surface area (Å²) in [5.41, 5.74) is 1.85. The molecule has 1 saturated heterocycles. The number of hydrogen-bond donors (Lipinski definition) is 1. The zero-order valence-electron chi connectivity index (χ0n) is 13.1. The second-order valence-electron chi connectivity index (χ2n) is 6.15. The molecule has 3 rings (SSSR count). The summed E-state index contributed by atoms with van der Waals surface area (Å²) in [6, 6.07) is 7.62. The van der Waals surface area contributed by atoms with Crippen LogP contribution in [0.2, 0.25) is 5.02 Å². The van der Waals surface area contributed by atoms with Crippen LogP contribution < -0.4 is 0 Å². The second kappa shape index (κ2) is 6.03. The highest BCUT2D eigenvalue weighted by Gasteiger charge is 2.33. The average molecular weight is 321 g/mol. The molecule has 2 aromatic rings. The number of rotatable bonds is 3. The van der Waals surface area contributed by atoms with Crippen molar-refractivity contribution < 1.29 is 9.52 Å². The van der Waals surface area contributed by atoms with Gasteiger partial charge in [0.25, 0.3) is 0 Å². The molecule has 1 aliphatic heterocycles. The van der Waals surface area contributed by atoms with E-state index in [1.54, 1.807) is 0 Å². The molecule has 0 amide bonds. The third-order valence-corrected chi connectivity index (χ3v) is 4.68. The second-order valence-corrected chi connectivity index (χ2v) is 6.58. The first-order valence-corrected chi connectivity index (χ1v) is 7.99. The van der Waals surface area contributed by atoms with Crippen LogP contribution in [0, 0.1) is 12.8 Å². The van der Waals surface area contributed by atoms with Gasteiger partial charge < -0.3 is 9.52 Å². The van der Waals surface area contributed by atoms with Gasteiger partial charge in [0.05, 0.1) is 17.8 Å². The first kappa shape index (κ1) is 15.5. The molecule has 0 radical (unpaired) electrons. The highest BCUT2D eigenvalue weighted by molar-refractivity contribution is 6.30. The molecule has 118 valence electrons. The fourth-order valence-corrected chi connectivity index (χ4v) is 3.05. The van der Waals surface area contributed by atoms with Crippen molar-refractivity contribution in [3.8, 4) is 11.3 Å². The number of hydrogen-bond acceptors (Lipinski definition) is 4. The quantitative estimate of drug-likeness (QED) is 0.937. The standard InChI is InChI=1S/C17H21ClN2O2/c1-10-8-20(9-15(10)21)12(3)17-19-11(2)16(22-17)13-4-6-14(18)7-5-13/h4-7,10,12,15,21H,8-9H2,1-3H3/t10-,12-,15+/m0/s1. The van der Waals surface area contributed by atoms with Crippen LogP contribution in [0.25, 0.3) is 11.3 Å². The summed E-state index contributed by atoms with van der Waals surface area (Å²) in [5, 5.41) is 10.6. The molecule has 1 fully saturated rings. The number of aromatic nitrogens is 1. The number of aryl methyl sites for hydroxylation is 1. The van der Waals surface area contributed by atoms with Gasteiger partial charge in [-0.15, -0.1) is 0 Å². The molecule has 22 heavy (non-hydrogen) atoms. The van der Waals surface area contributed by atoms with Crippen LogP contribution in [-0.4, -0.2) is 34.2 Å². The molecule has 3 atom stereocenters. The number of aliphatic hydroxyl groups excluding tert-OH is 1. The molecule has 5 heteroatoms. The smallest absolute Gasteiger partial charge is 0.212 e. The maximum Gasteiger partial charge on any atom is 0.212 e. The zero-order chi connectivity index (χ0) is 15.9. The summed E-state index contributed by atoms with van der Waals surface area (Å²) in [4.78, 5) is 6.80. The third kappa shape index (κ3) is 2.91. The third-order valence-electron chi connectivity index (χ3n) is 4.43. The highest BCUT2D eigenvalue weighted by atomic mass is 35.5. The van der Waals surface area contributed by atoms with Gasteiger partial charge >= 0.3 is 0 Å². The van der Waals surface area contributed by atoms with Gasteiger partial charge in [-0.25, -0.2) is 4.98 Å². The summed E-state index contributed by atoms with van der Waals surface area (Å²) in [5.74, 6) is 1.77. The van der Waals surface area contributed by atoms with Crippen molar-refractivity contribution in [2.75, 3.05) is 13.1 Å². The Balaban J connectivity index is 1.84. The van der Waals surface area contributed by atoms with Crippen LogP contribution in [0.4, 0.5) is 0 Å². The lowest BCUT2D eigenvalue weighted by Gasteiger charge is -2.20. The molecule has 0 spiro atoms. The molecule has 1 aromatic carbocycles. The Morgan fingerprint density at radius 2 is 2.00 bits per heavy atom. The van der Waals surface area contributed by atoms with Gasteiger partial charge in [-0.1, -0.05) is 18.5 Å². The fourth-order valence-electron chi connectivity index (χ4n) is 2.92. The molecule has 1 aromatic heterocycles. The minimum absolute atomic E-state index is 0.0550. The Hall–Kier alpha value is -1.36. The minimum atomic E-state index is -0.269. The van der Waals surface area contributed by atoms with E-state index in [0.717, 1.165) is 23.6 Å². The van der Waals surface area contributed by atoms with Gasteiger partial charge in [-0.3, -0.25) is 4.90 Å². The molecule has 0 bridgehead atoms.